The highest BCUT2D eigenvalue weighted by molar-refractivity contribution is 7.07. The van der Waals surface area contributed by atoms with Gasteiger partial charge in [-0.2, -0.15) is 5.10 Å². The van der Waals surface area contributed by atoms with Crippen molar-refractivity contribution in [3.8, 4) is 11.4 Å². The molecule has 1 aliphatic rings. The lowest BCUT2D eigenvalue weighted by Gasteiger charge is -2.26. The first-order valence-corrected chi connectivity index (χ1v) is 9.53. The summed E-state index contributed by atoms with van der Waals surface area (Å²) in [5.41, 5.74) is 7.05. The van der Waals surface area contributed by atoms with Gasteiger partial charge in [0.15, 0.2) is 0 Å². The maximum absolute atomic E-state index is 13.0. The van der Waals surface area contributed by atoms with E-state index in [4.69, 9.17) is 11.6 Å². The molecule has 0 saturated heterocycles. The number of carbonyl (C=O) groups excluding carboxylic acids is 1. The lowest BCUT2D eigenvalue weighted by atomic mass is 10.0. The number of amides is 1. The summed E-state index contributed by atoms with van der Waals surface area (Å²) >= 11 is 7.57. The number of nitrogens with one attached hydrogen (secondary N) is 2. The van der Waals surface area contributed by atoms with Crippen molar-refractivity contribution >= 4 is 39.7 Å². The Hall–Kier alpha value is -2.64. The van der Waals surface area contributed by atoms with Gasteiger partial charge in [0.2, 0.25) is 0 Å². The predicted molar refractivity (Wildman–Crippen MR) is 101 cm³/mol. The van der Waals surface area contributed by atoms with Crippen LogP contribution in [0.15, 0.2) is 35.2 Å². The van der Waals surface area contributed by atoms with Crippen LogP contribution in [0.1, 0.15) is 21.7 Å². The van der Waals surface area contributed by atoms with Crippen LogP contribution < -0.4 is 0 Å². The number of aromatic amines is 2. The van der Waals surface area contributed by atoms with Crippen molar-refractivity contribution < 1.29 is 4.79 Å². The molecule has 0 spiro atoms. The number of hydrogen-bond acceptors (Lipinski definition) is 4. The van der Waals surface area contributed by atoms with Crippen molar-refractivity contribution in [1.29, 1.82) is 0 Å². The Morgan fingerprint density at radius 1 is 1.31 bits per heavy atom. The molecule has 6 nitrogen and oxygen atoms in total. The third-order valence-electron chi connectivity index (χ3n) is 4.71. The van der Waals surface area contributed by atoms with E-state index in [2.05, 4.69) is 20.2 Å². The number of rotatable bonds is 2. The van der Waals surface area contributed by atoms with Gasteiger partial charge in [0.05, 0.1) is 12.1 Å². The van der Waals surface area contributed by atoms with Gasteiger partial charge >= 0.3 is 0 Å². The molecule has 0 unspecified atom stereocenters. The average molecular weight is 384 g/mol. The number of halogens is 1. The molecule has 1 aromatic carbocycles. The quantitative estimate of drug-likeness (QED) is 0.551. The molecule has 0 radical (unpaired) electrons. The Labute approximate surface area is 157 Å². The second kappa shape index (κ2) is 5.96. The molecule has 8 heteroatoms. The van der Waals surface area contributed by atoms with Gasteiger partial charge in [-0.05, 0) is 18.2 Å². The Kier molecular flexibility index (Phi) is 3.58. The lowest BCUT2D eigenvalue weighted by molar-refractivity contribution is 0.0729. The number of carbonyl (C=O) groups is 1. The van der Waals surface area contributed by atoms with Gasteiger partial charge in [-0.15, -0.1) is 11.3 Å². The molecule has 0 fully saturated rings. The smallest absolute Gasteiger partial charge is 0.270 e. The Bertz CT molecular complexity index is 1110. The summed E-state index contributed by atoms with van der Waals surface area (Å²) in [6, 6.07) is 7.44. The summed E-state index contributed by atoms with van der Waals surface area (Å²) in [7, 11) is 0. The normalized spacial score (nSPS) is 14.0. The van der Waals surface area contributed by atoms with Crippen LogP contribution in [0, 0.1) is 0 Å². The number of nitrogens with zero attached hydrogens (tertiary/aromatic N) is 3. The van der Waals surface area contributed by atoms with Gasteiger partial charge in [0.25, 0.3) is 5.91 Å². The fourth-order valence-electron chi connectivity index (χ4n) is 3.39. The van der Waals surface area contributed by atoms with Crippen LogP contribution in [0.4, 0.5) is 0 Å². The number of fused-ring (bicyclic) bond motifs is 2. The first kappa shape index (κ1) is 15.6. The van der Waals surface area contributed by atoms with E-state index in [0.717, 1.165) is 40.0 Å². The Balaban J connectivity index is 1.46. The molecule has 0 saturated carbocycles. The van der Waals surface area contributed by atoms with Crippen molar-refractivity contribution in [2.45, 2.75) is 13.0 Å². The highest BCUT2D eigenvalue weighted by atomic mass is 35.5. The van der Waals surface area contributed by atoms with Crippen LogP contribution in [0.2, 0.25) is 5.02 Å². The Morgan fingerprint density at radius 2 is 2.23 bits per heavy atom. The number of H-pyrrole nitrogens is 2. The van der Waals surface area contributed by atoms with E-state index in [1.165, 1.54) is 11.3 Å². The lowest BCUT2D eigenvalue weighted by Crippen LogP contribution is -2.36. The number of hydrogen-bond donors (Lipinski definition) is 2. The van der Waals surface area contributed by atoms with Crippen molar-refractivity contribution in [1.82, 2.24) is 25.1 Å². The highest BCUT2D eigenvalue weighted by Crippen LogP contribution is 2.29. The maximum Gasteiger partial charge on any atom is 0.270 e. The first-order chi connectivity index (χ1) is 12.7. The van der Waals surface area contributed by atoms with Gasteiger partial charge in [-0.1, -0.05) is 17.7 Å². The summed E-state index contributed by atoms with van der Waals surface area (Å²) in [6.07, 6.45) is 0.754. The van der Waals surface area contributed by atoms with Crippen LogP contribution >= 0.6 is 22.9 Å². The highest BCUT2D eigenvalue weighted by Gasteiger charge is 2.27. The molecule has 3 aromatic heterocycles. The van der Waals surface area contributed by atoms with Crippen molar-refractivity contribution in [3.63, 3.8) is 0 Å². The summed E-state index contributed by atoms with van der Waals surface area (Å²) in [4.78, 5) is 22.4. The predicted octanol–water partition coefficient (Wildman–Crippen LogP) is 3.87. The van der Waals surface area contributed by atoms with Crippen molar-refractivity contribution in [2.24, 2.45) is 0 Å². The van der Waals surface area contributed by atoms with Crippen LogP contribution in [0.3, 0.4) is 0 Å². The molecule has 1 amide bonds. The van der Waals surface area contributed by atoms with E-state index >= 15 is 0 Å². The zero-order chi connectivity index (χ0) is 17.7. The summed E-state index contributed by atoms with van der Waals surface area (Å²) < 4.78 is 0. The molecular weight excluding hydrogens is 370 g/mol. The molecule has 5 rings (SSSR count). The molecule has 4 aromatic rings. The van der Waals surface area contributed by atoms with Crippen molar-refractivity contribution in [2.75, 3.05) is 6.54 Å². The SMILES string of the molecule is O=C(c1cc2ccc(Cl)cc2[nH]1)N1CCc2[nH]nc(-c3cscn3)c2C1. The van der Waals surface area contributed by atoms with E-state index in [-0.39, 0.29) is 5.91 Å². The first-order valence-electron chi connectivity index (χ1n) is 8.21. The van der Waals surface area contributed by atoms with Crippen LogP contribution in [0.25, 0.3) is 22.3 Å². The standard InChI is InChI=1S/C18H14ClN5OS/c19-11-2-1-10-5-15(21-14(10)6-11)18(25)24-4-3-13-12(7-24)17(23-22-13)16-8-26-9-20-16/h1-2,5-6,8-9,21H,3-4,7H2,(H,22,23). The van der Waals surface area contributed by atoms with E-state index in [0.29, 0.717) is 23.8 Å². The largest absolute Gasteiger partial charge is 0.350 e. The van der Waals surface area contributed by atoms with E-state index in [9.17, 15) is 4.79 Å². The molecule has 0 aliphatic carbocycles. The minimum Gasteiger partial charge on any atom is -0.350 e. The van der Waals surface area contributed by atoms with Gasteiger partial charge in [-0.25, -0.2) is 4.98 Å². The topological polar surface area (TPSA) is 77.7 Å². The fraction of sp³-hybridized carbons (Fsp3) is 0.167. The van der Waals surface area contributed by atoms with Crippen LogP contribution in [-0.2, 0) is 13.0 Å². The average Bonchev–Trinajstić information content (AvgIpc) is 3.38. The van der Waals surface area contributed by atoms with E-state index < -0.39 is 0 Å². The zero-order valence-electron chi connectivity index (χ0n) is 13.6. The molecule has 130 valence electrons. The van der Waals surface area contributed by atoms with Crippen molar-refractivity contribution in [3.05, 3.63) is 57.1 Å². The second-order valence-electron chi connectivity index (χ2n) is 6.29. The third kappa shape index (κ3) is 2.51. The van der Waals surface area contributed by atoms with Gasteiger partial charge in [0.1, 0.15) is 17.1 Å². The fourth-order valence-corrected chi connectivity index (χ4v) is 4.10. The summed E-state index contributed by atoms with van der Waals surface area (Å²) in [5.74, 6) is -0.0200. The number of benzene rings is 1. The van der Waals surface area contributed by atoms with Gasteiger partial charge < -0.3 is 9.88 Å². The van der Waals surface area contributed by atoms with E-state index in [1.807, 2.05) is 34.5 Å². The number of aromatic nitrogens is 4. The minimum atomic E-state index is -0.0200. The monoisotopic (exact) mass is 383 g/mol. The molecule has 26 heavy (non-hydrogen) atoms. The maximum atomic E-state index is 13.0. The second-order valence-corrected chi connectivity index (χ2v) is 7.45. The Morgan fingerprint density at radius 3 is 3.08 bits per heavy atom. The molecular formula is C18H14ClN5OS. The summed E-state index contributed by atoms with van der Waals surface area (Å²) in [5, 5.41) is 11.1. The number of thiazole rings is 1. The van der Waals surface area contributed by atoms with Gasteiger partial charge in [-0.3, -0.25) is 9.89 Å². The zero-order valence-corrected chi connectivity index (χ0v) is 15.2. The molecule has 0 atom stereocenters. The van der Waals surface area contributed by atoms with Crippen LogP contribution in [0.5, 0.6) is 0 Å². The van der Waals surface area contributed by atoms with E-state index in [1.54, 1.807) is 5.51 Å². The molecule has 1 aliphatic heterocycles. The van der Waals surface area contributed by atoms with Crippen LogP contribution in [-0.4, -0.2) is 37.5 Å². The molecule has 2 N–H and O–H groups in total. The third-order valence-corrected chi connectivity index (χ3v) is 5.53. The summed E-state index contributed by atoms with van der Waals surface area (Å²) in [6.45, 7) is 1.17. The molecule has 0 bridgehead atoms. The van der Waals surface area contributed by atoms with Gasteiger partial charge in [0, 0.05) is 45.5 Å². The minimum absolute atomic E-state index is 0.0200. The molecule has 4 heterocycles.